The summed E-state index contributed by atoms with van der Waals surface area (Å²) >= 11 is 0. The summed E-state index contributed by atoms with van der Waals surface area (Å²) in [6.45, 7) is 2.01. The number of nitriles is 1. The molecule has 0 aliphatic rings. The Balaban J connectivity index is 0.00000192. The maximum atomic E-state index is 9.38. The summed E-state index contributed by atoms with van der Waals surface area (Å²) in [4.78, 5) is 4.32. The van der Waals surface area contributed by atoms with Gasteiger partial charge in [0, 0.05) is 11.6 Å². The molecule has 3 aromatic rings. The number of aromatic nitrogens is 1. The summed E-state index contributed by atoms with van der Waals surface area (Å²) in [5.41, 5.74) is 4.03. The van der Waals surface area contributed by atoms with Gasteiger partial charge in [-0.15, -0.1) is 12.4 Å². The Morgan fingerprint density at radius 2 is 1.96 bits per heavy atom. The maximum absolute atomic E-state index is 9.38. The molecule has 2 aromatic carbocycles. The molecule has 0 aliphatic heterocycles. The summed E-state index contributed by atoms with van der Waals surface area (Å²) < 4.78 is 5.40. The van der Waals surface area contributed by atoms with E-state index < -0.39 is 0 Å². The summed E-state index contributed by atoms with van der Waals surface area (Å²) in [7, 11) is 1.63. The van der Waals surface area contributed by atoms with E-state index in [1.54, 1.807) is 13.3 Å². The molecule has 1 N–H and O–H groups in total. The molecule has 0 fully saturated rings. The van der Waals surface area contributed by atoms with Gasteiger partial charge in [-0.25, -0.2) is 0 Å². The molecule has 0 radical (unpaired) electrons. The zero-order valence-corrected chi connectivity index (χ0v) is 13.6. The quantitative estimate of drug-likeness (QED) is 0.765. The molecule has 0 saturated carbocycles. The molecule has 0 saturated heterocycles. The second-order valence-electron chi connectivity index (χ2n) is 5.00. The number of anilines is 2. The first-order chi connectivity index (χ1) is 10.7. The van der Waals surface area contributed by atoms with Crippen molar-refractivity contribution in [2.75, 3.05) is 12.4 Å². The number of nitrogens with zero attached hydrogens (tertiary/aromatic N) is 2. The lowest BCUT2D eigenvalue weighted by atomic mass is 10.1. The molecule has 1 heterocycles. The molecule has 23 heavy (non-hydrogen) atoms. The topological polar surface area (TPSA) is 57.9 Å². The molecule has 1 aromatic heterocycles. The van der Waals surface area contributed by atoms with Crippen LogP contribution in [-0.2, 0) is 0 Å². The minimum Gasteiger partial charge on any atom is -0.495 e. The van der Waals surface area contributed by atoms with Crippen molar-refractivity contribution in [1.29, 1.82) is 5.26 Å². The van der Waals surface area contributed by atoms with Gasteiger partial charge in [-0.05, 0) is 30.7 Å². The minimum atomic E-state index is 0. The Bertz CT molecular complexity index is 887. The van der Waals surface area contributed by atoms with E-state index in [1.165, 1.54) is 0 Å². The normalized spacial score (nSPS) is 9.78. The van der Waals surface area contributed by atoms with Crippen molar-refractivity contribution in [2.24, 2.45) is 0 Å². The number of pyridine rings is 1. The number of hydrogen-bond acceptors (Lipinski definition) is 4. The molecule has 0 unspecified atom stereocenters. The van der Waals surface area contributed by atoms with Crippen LogP contribution in [0.25, 0.3) is 10.9 Å². The van der Waals surface area contributed by atoms with Crippen LogP contribution in [0, 0.1) is 18.3 Å². The Labute approximate surface area is 141 Å². The van der Waals surface area contributed by atoms with Crippen molar-refractivity contribution < 1.29 is 4.74 Å². The summed E-state index contributed by atoms with van der Waals surface area (Å²) in [6.07, 6.45) is 1.59. The number of methoxy groups -OCH3 is 1. The third-order valence-corrected chi connectivity index (χ3v) is 3.51. The zero-order valence-electron chi connectivity index (χ0n) is 12.8. The molecule has 5 heteroatoms. The number of benzene rings is 2. The highest BCUT2D eigenvalue weighted by Gasteiger charge is 2.11. The Morgan fingerprint density at radius 1 is 1.17 bits per heavy atom. The van der Waals surface area contributed by atoms with Crippen molar-refractivity contribution in [3.05, 3.63) is 59.8 Å². The van der Waals surface area contributed by atoms with Gasteiger partial charge < -0.3 is 10.1 Å². The van der Waals surface area contributed by atoms with Crippen LogP contribution in [0.5, 0.6) is 5.75 Å². The van der Waals surface area contributed by atoms with Gasteiger partial charge in [0.05, 0.1) is 29.6 Å². The number of para-hydroxylation sites is 1. The molecule has 0 atom stereocenters. The van der Waals surface area contributed by atoms with E-state index in [-0.39, 0.29) is 12.4 Å². The van der Waals surface area contributed by atoms with Crippen molar-refractivity contribution in [3.8, 4) is 11.8 Å². The lowest BCUT2D eigenvalue weighted by molar-refractivity contribution is 0.416. The molecule has 116 valence electrons. The standard InChI is InChI=1S/C18H15N3O.ClH/c1-12-7-8-17(22-2)16(9-12)21-18-13(10-19)11-20-15-6-4-3-5-14(15)18;/h3-9,11H,1-2H3,(H,20,21);1H. The van der Waals surface area contributed by atoms with Crippen LogP contribution >= 0.6 is 12.4 Å². The highest BCUT2D eigenvalue weighted by Crippen LogP contribution is 2.33. The first-order valence-corrected chi connectivity index (χ1v) is 6.92. The molecular formula is C18H16ClN3O. The molecule has 0 aliphatic carbocycles. The van der Waals surface area contributed by atoms with Crippen LogP contribution in [0.3, 0.4) is 0 Å². The van der Waals surface area contributed by atoms with Crippen molar-refractivity contribution in [1.82, 2.24) is 4.98 Å². The monoisotopic (exact) mass is 325 g/mol. The fourth-order valence-electron chi connectivity index (χ4n) is 2.41. The lowest BCUT2D eigenvalue weighted by Crippen LogP contribution is -1.99. The first-order valence-electron chi connectivity index (χ1n) is 6.92. The SMILES string of the molecule is COc1ccc(C)cc1Nc1c(C#N)cnc2ccccc12.Cl. The summed E-state index contributed by atoms with van der Waals surface area (Å²) in [5, 5.41) is 13.6. The summed E-state index contributed by atoms with van der Waals surface area (Å²) in [5.74, 6) is 0.732. The smallest absolute Gasteiger partial charge is 0.142 e. The predicted octanol–water partition coefficient (Wildman–Crippen LogP) is 4.59. The second-order valence-corrected chi connectivity index (χ2v) is 5.00. The lowest BCUT2D eigenvalue weighted by Gasteiger charge is -2.14. The molecule has 0 amide bonds. The van der Waals surface area contributed by atoms with E-state index in [1.807, 2.05) is 49.4 Å². The van der Waals surface area contributed by atoms with Gasteiger partial charge in [-0.1, -0.05) is 24.3 Å². The first kappa shape index (κ1) is 16.6. The number of aryl methyl sites for hydroxylation is 1. The number of ether oxygens (including phenoxy) is 1. The van der Waals surface area contributed by atoms with Gasteiger partial charge in [0.25, 0.3) is 0 Å². The van der Waals surface area contributed by atoms with Gasteiger partial charge >= 0.3 is 0 Å². The van der Waals surface area contributed by atoms with Crippen LogP contribution in [0.15, 0.2) is 48.7 Å². The average molecular weight is 326 g/mol. The third-order valence-electron chi connectivity index (χ3n) is 3.51. The van der Waals surface area contributed by atoms with Crippen LogP contribution < -0.4 is 10.1 Å². The zero-order chi connectivity index (χ0) is 15.5. The number of rotatable bonds is 3. The highest BCUT2D eigenvalue weighted by atomic mass is 35.5. The molecule has 0 spiro atoms. The molecule has 4 nitrogen and oxygen atoms in total. The van der Waals surface area contributed by atoms with Gasteiger partial charge in [0.15, 0.2) is 0 Å². The van der Waals surface area contributed by atoms with E-state index in [0.717, 1.165) is 33.6 Å². The van der Waals surface area contributed by atoms with Crippen LogP contribution in [0.4, 0.5) is 11.4 Å². The van der Waals surface area contributed by atoms with Gasteiger partial charge in [0.1, 0.15) is 11.8 Å². The minimum absolute atomic E-state index is 0. The fraction of sp³-hybridized carbons (Fsp3) is 0.111. The Kier molecular flexibility index (Phi) is 5.05. The van der Waals surface area contributed by atoms with Gasteiger partial charge in [0.2, 0.25) is 0 Å². The number of hydrogen-bond donors (Lipinski definition) is 1. The van der Waals surface area contributed by atoms with Crippen molar-refractivity contribution >= 4 is 34.7 Å². The molecule has 0 bridgehead atoms. The van der Waals surface area contributed by atoms with E-state index in [9.17, 15) is 5.26 Å². The van der Waals surface area contributed by atoms with Gasteiger partial charge in [-0.2, -0.15) is 5.26 Å². The van der Waals surface area contributed by atoms with E-state index in [0.29, 0.717) is 5.56 Å². The van der Waals surface area contributed by atoms with E-state index in [4.69, 9.17) is 4.74 Å². The highest BCUT2D eigenvalue weighted by molar-refractivity contribution is 5.96. The number of fused-ring (bicyclic) bond motifs is 1. The van der Waals surface area contributed by atoms with E-state index >= 15 is 0 Å². The third kappa shape index (κ3) is 3.20. The average Bonchev–Trinajstić information content (AvgIpc) is 2.55. The van der Waals surface area contributed by atoms with Crippen LogP contribution in [-0.4, -0.2) is 12.1 Å². The predicted molar refractivity (Wildman–Crippen MR) is 94.7 cm³/mol. The Hall–Kier alpha value is -2.77. The number of nitrogens with one attached hydrogen (secondary N) is 1. The maximum Gasteiger partial charge on any atom is 0.142 e. The van der Waals surface area contributed by atoms with E-state index in [2.05, 4.69) is 16.4 Å². The second kappa shape index (κ2) is 6.99. The van der Waals surface area contributed by atoms with Crippen LogP contribution in [0.2, 0.25) is 0 Å². The molecule has 3 rings (SSSR count). The largest absolute Gasteiger partial charge is 0.495 e. The Morgan fingerprint density at radius 3 is 2.70 bits per heavy atom. The van der Waals surface area contributed by atoms with Crippen molar-refractivity contribution in [3.63, 3.8) is 0 Å². The number of halogens is 1. The van der Waals surface area contributed by atoms with Crippen molar-refractivity contribution in [2.45, 2.75) is 6.92 Å². The summed E-state index contributed by atoms with van der Waals surface area (Å²) in [6, 6.07) is 15.8. The van der Waals surface area contributed by atoms with Gasteiger partial charge in [-0.3, -0.25) is 4.98 Å². The van der Waals surface area contributed by atoms with Crippen LogP contribution in [0.1, 0.15) is 11.1 Å². The molecular weight excluding hydrogens is 310 g/mol. The fourth-order valence-corrected chi connectivity index (χ4v) is 2.41.